The number of hydrogen-bond donors (Lipinski definition) is 1. The molecule has 24 heavy (non-hydrogen) atoms. The van der Waals surface area contributed by atoms with E-state index in [4.69, 9.17) is 4.74 Å². The van der Waals surface area contributed by atoms with Crippen LogP contribution >= 0.6 is 0 Å². The lowest BCUT2D eigenvalue weighted by Gasteiger charge is -2.11. The number of hydrogen-bond acceptors (Lipinski definition) is 4. The fourth-order valence-corrected chi connectivity index (χ4v) is 2.04. The number of rotatable bonds is 6. The van der Waals surface area contributed by atoms with Crippen LogP contribution in [0.4, 0.5) is 5.69 Å². The number of anilines is 1. The Balaban J connectivity index is 2.09. The van der Waals surface area contributed by atoms with Crippen LogP contribution < -0.4 is 10.1 Å². The topological polar surface area (TPSA) is 64.6 Å². The van der Waals surface area contributed by atoms with Crippen LogP contribution in [0.25, 0.3) is 0 Å². The number of ether oxygens (including phenoxy) is 2. The fourth-order valence-electron chi connectivity index (χ4n) is 2.04. The lowest BCUT2D eigenvalue weighted by Crippen LogP contribution is -2.13. The van der Waals surface area contributed by atoms with E-state index in [1.165, 1.54) is 13.2 Å². The number of methoxy groups -OCH3 is 1. The number of carbonyl (C=O) groups is 2. The lowest BCUT2D eigenvalue weighted by atomic mass is 10.1. The SMILES string of the molecule is COC(=O)c1cccc(C(=O)Nc2cccc(OCC(C)C)c2)c1. The average Bonchev–Trinajstić information content (AvgIpc) is 2.59. The first-order valence-electron chi connectivity index (χ1n) is 7.72. The summed E-state index contributed by atoms with van der Waals surface area (Å²) in [4.78, 5) is 23.9. The number of benzene rings is 2. The smallest absolute Gasteiger partial charge is 0.337 e. The molecule has 0 spiro atoms. The van der Waals surface area contributed by atoms with Gasteiger partial charge in [-0.15, -0.1) is 0 Å². The number of carbonyl (C=O) groups excluding carboxylic acids is 2. The van der Waals surface area contributed by atoms with Gasteiger partial charge in [0.05, 0.1) is 19.3 Å². The summed E-state index contributed by atoms with van der Waals surface area (Å²) in [5, 5.41) is 2.80. The van der Waals surface area contributed by atoms with E-state index >= 15 is 0 Å². The van der Waals surface area contributed by atoms with Gasteiger partial charge in [-0.25, -0.2) is 4.79 Å². The van der Waals surface area contributed by atoms with Crippen LogP contribution in [0.5, 0.6) is 5.75 Å². The highest BCUT2D eigenvalue weighted by molar-refractivity contribution is 6.05. The van der Waals surface area contributed by atoms with Gasteiger partial charge in [0.1, 0.15) is 5.75 Å². The van der Waals surface area contributed by atoms with Crippen LogP contribution in [0.3, 0.4) is 0 Å². The molecule has 0 bridgehead atoms. The summed E-state index contributed by atoms with van der Waals surface area (Å²) >= 11 is 0. The van der Waals surface area contributed by atoms with Crippen molar-refractivity contribution in [3.05, 3.63) is 59.7 Å². The van der Waals surface area contributed by atoms with E-state index in [-0.39, 0.29) is 5.91 Å². The summed E-state index contributed by atoms with van der Waals surface area (Å²) in [6.45, 7) is 4.75. The minimum absolute atomic E-state index is 0.304. The molecular formula is C19H21NO4. The van der Waals surface area contributed by atoms with Gasteiger partial charge in [-0.1, -0.05) is 26.0 Å². The third-order valence-corrected chi connectivity index (χ3v) is 3.22. The van der Waals surface area contributed by atoms with Crippen LogP contribution in [-0.2, 0) is 4.74 Å². The second kappa shape index (κ2) is 8.15. The molecule has 1 amide bonds. The predicted octanol–water partition coefficient (Wildman–Crippen LogP) is 3.76. The zero-order valence-corrected chi connectivity index (χ0v) is 14.0. The Morgan fingerprint density at radius 1 is 1.04 bits per heavy atom. The van der Waals surface area contributed by atoms with Crippen LogP contribution in [0, 0.1) is 5.92 Å². The van der Waals surface area contributed by atoms with E-state index in [1.54, 1.807) is 30.3 Å². The molecule has 0 aliphatic carbocycles. The van der Waals surface area contributed by atoms with Crippen LogP contribution in [-0.4, -0.2) is 25.6 Å². The van der Waals surface area contributed by atoms with Crippen molar-refractivity contribution in [1.82, 2.24) is 0 Å². The monoisotopic (exact) mass is 327 g/mol. The minimum Gasteiger partial charge on any atom is -0.493 e. The van der Waals surface area contributed by atoms with Gasteiger partial charge in [-0.2, -0.15) is 0 Å². The molecule has 0 atom stereocenters. The van der Waals surface area contributed by atoms with Gasteiger partial charge in [0.2, 0.25) is 0 Å². The first-order valence-corrected chi connectivity index (χ1v) is 7.72. The van der Waals surface area contributed by atoms with E-state index in [0.717, 1.165) is 0 Å². The standard InChI is InChI=1S/C19H21NO4/c1-13(2)12-24-17-9-5-8-16(11-17)20-18(21)14-6-4-7-15(10-14)19(22)23-3/h4-11,13H,12H2,1-3H3,(H,20,21). The highest BCUT2D eigenvalue weighted by atomic mass is 16.5. The van der Waals surface area contributed by atoms with Gasteiger partial charge in [-0.3, -0.25) is 4.79 Å². The van der Waals surface area contributed by atoms with Crippen LogP contribution in [0.1, 0.15) is 34.6 Å². The van der Waals surface area contributed by atoms with Crippen molar-refractivity contribution < 1.29 is 19.1 Å². The summed E-state index contributed by atoms with van der Waals surface area (Å²) in [5.41, 5.74) is 1.34. The molecule has 5 heteroatoms. The van der Waals surface area contributed by atoms with Gasteiger partial charge in [0.25, 0.3) is 5.91 Å². The molecule has 0 saturated heterocycles. The van der Waals surface area contributed by atoms with E-state index in [2.05, 4.69) is 23.9 Å². The van der Waals surface area contributed by atoms with E-state index in [0.29, 0.717) is 35.1 Å². The van der Waals surface area contributed by atoms with Crippen molar-refractivity contribution >= 4 is 17.6 Å². The second-order valence-corrected chi connectivity index (χ2v) is 5.76. The summed E-state index contributed by atoms with van der Waals surface area (Å²) in [5.74, 6) is 0.338. The molecule has 0 fully saturated rings. The molecule has 126 valence electrons. The summed E-state index contributed by atoms with van der Waals surface area (Å²) in [6.07, 6.45) is 0. The largest absolute Gasteiger partial charge is 0.493 e. The molecule has 0 aromatic heterocycles. The fraction of sp³-hybridized carbons (Fsp3) is 0.263. The molecule has 0 unspecified atom stereocenters. The maximum Gasteiger partial charge on any atom is 0.337 e. The van der Waals surface area contributed by atoms with E-state index < -0.39 is 5.97 Å². The van der Waals surface area contributed by atoms with E-state index in [1.807, 2.05) is 12.1 Å². The lowest BCUT2D eigenvalue weighted by molar-refractivity contribution is 0.0600. The van der Waals surface area contributed by atoms with Gasteiger partial charge in [0, 0.05) is 17.3 Å². The third kappa shape index (κ3) is 4.84. The Kier molecular flexibility index (Phi) is 5.95. The van der Waals surface area contributed by atoms with Gasteiger partial charge in [-0.05, 0) is 36.2 Å². The molecule has 5 nitrogen and oxygen atoms in total. The molecule has 0 aliphatic rings. The Labute approximate surface area is 141 Å². The first-order chi connectivity index (χ1) is 11.5. The second-order valence-electron chi connectivity index (χ2n) is 5.76. The molecule has 2 rings (SSSR count). The summed E-state index contributed by atoms with van der Waals surface area (Å²) in [6, 6.07) is 13.6. The third-order valence-electron chi connectivity index (χ3n) is 3.22. The van der Waals surface area contributed by atoms with Gasteiger partial charge in [0.15, 0.2) is 0 Å². The van der Waals surface area contributed by atoms with Crippen molar-refractivity contribution in [2.24, 2.45) is 5.92 Å². The van der Waals surface area contributed by atoms with Crippen LogP contribution in [0.2, 0.25) is 0 Å². The maximum atomic E-state index is 12.4. The molecule has 0 heterocycles. The molecular weight excluding hydrogens is 306 g/mol. The minimum atomic E-state index is -0.478. The zero-order valence-electron chi connectivity index (χ0n) is 14.0. The molecule has 0 saturated carbocycles. The van der Waals surface area contributed by atoms with Gasteiger partial charge < -0.3 is 14.8 Å². The number of esters is 1. The molecule has 2 aromatic carbocycles. The average molecular weight is 327 g/mol. The van der Waals surface area contributed by atoms with Crippen molar-refractivity contribution in [2.45, 2.75) is 13.8 Å². The van der Waals surface area contributed by atoms with Crippen molar-refractivity contribution in [3.63, 3.8) is 0 Å². The molecule has 0 aliphatic heterocycles. The first kappa shape index (κ1) is 17.5. The van der Waals surface area contributed by atoms with Gasteiger partial charge >= 0.3 is 5.97 Å². The predicted molar refractivity (Wildman–Crippen MR) is 92.5 cm³/mol. The quantitative estimate of drug-likeness (QED) is 0.821. The van der Waals surface area contributed by atoms with Crippen molar-refractivity contribution in [2.75, 3.05) is 19.0 Å². The normalized spacial score (nSPS) is 10.3. The van der Waals surface area contributed by atoms with Crippen LogP contribution in [0.15, 0.2) is 48.5 Å². The van der Waals surface area contributed by atoms with Crippen molar-refractivity contribution in [1.29, 1.82) is 0 Å². The maximum absolute atomic E-state index is 12.4. The van der Waals surface area contributed by atoms with E-state index in [9.17, 15) is 9.59 Å². The van der Waals surface area contributed by atoms with Crippen molar-refractivity contribution in [3.8, 4) is 5.75 Å². The Bertz CT molecular complexity index is 725. The highest BCUT2D eigenvalue weighted by Crippen LogP contribution is 2.19. The highest BCUT2D eigenvalue weighted by Gasteiger charge is 2.11. The Morgan fingerprint density at radius 2 is 1.75 bits per heavy atom. The Hall–Kier alpha value is -2.82. The number of amides is 1. The Morgan fingerprint density at radius 3 is 2.46 bits per heavy atom. The molecule has 0 radical (unpaired) electrons. The summed E-state index contributed by atoms with van der Waals surface area (Å²) < 4.78 is 10.3. The summed E-state index contributed by atoms with van der Waals surface area (Å²) in [7, 11) is 1.30. The molecule has 2 aromatic rings. The zero-order chi connectivity index (χ0) is 17.5. The number of nitrogens with one attached hydrogen (secondary N) is 1. The molecule has 1 N–H and O–H groups in total.